The van der Waals surface area contributed by atoms with Gasteiger partial charge in [0.25, 0.3) is 0 Å². The molecule has 21 heavy (non-hydrogen) atoms. The molecule has 1 aromatic carbocycles. The molecule has 1 saturated carbocycles. The van der Waals surface area contributed by atoms with E-state index in [2.05, 4.69) is 4.90 Å². The van der Waals surface area contributed by atoms with Gasteiger partial charge in [-0.2, -0.15) is 0 Å². The first-order chi connectivity index (χ1) is 10.3. The first-order valence-corrected chi connectivity index (χ1v) is 7.92. The molecule has 0 spiro atoms. The van der Waals surface area contributed by atoms with Crippen molar-refractivity contribution in [3.05, 3.63) is 30.3 Å². The normalized spacial score (nSPS) is 29.0. The van der Waals surface area contributed by atoms with Crippen LogP contribution in [0.25, 0.3) is 0 Å². The van der Waals surface area contributed by atoms with Crippen molar-refractivity contribution < 1.29 is 14.6 Å². The van der Waals surface area contributed by atoms with Crippen LogP contribution < -0.4 is 4.74 Å². The van der Waals surface area contributed by atoms with Crippen LogP contribution in [0.15, 0.2) is 30.3 Å². The fourth-order valence-corrected chi connectivity index (χ4v) is 3.90. The molecule has 4 nitrogen and oxygen atoms in total. The van der Waals surface area contributed by atoms with Crippen LogP contribution in [-0.2, 0) is 4.79 Å². The molecule has 114 valence electrons. The van der Waals surface area contributed by atoms with Crippen molar-refractivity contribution in [1.29, 1.82) is 0 Å². The molecular weight excluding hydrogens is 266 g/mol. The van der Waals surface area contributed by atoms with Crippen LogP contribution >= 0.6 is 0 Å². The van der Waals surface area contributed by atoms with E-state index in [1.807, 2.05) is 30.3 Å². The van der Waals surface area contributed by atoms with Crippen LogP contribution in [0.1, 0.15) is 32.1 Å². The van der Waals surface area contributed by atoms with E-state index in [1.54, 1.807) is 0 Å². The highest BCUT2D eigenvalue weighted by Gasteiger charge is 2.44. The Bertz CT molecular complexity index is 476. The zero-order valence-corrected chi connectivity index (χ0v) is 12.3. The number of hydrogen-bond donors (Lipinski definition) is 1. The molecule has 1 heterocycles. The molecule has 0 bridgehead atoms. The lowest BCUT2D eigenvalue weighted by Crippen LogP contribution is -2.44. The first kappa shape index (κ1) is 14.4. The Balaban J connectivity index is 1.60. The first-order valence-electron chi connectivity index (χ1n) is 7.92. The number of rotatable bonds is 5. The molecule has 0 amide bonds. The number of aliphatic carboxylic acids is 1. The highest BCUT2D eigenvalue weighted by molar-refractivity contribution is 5.74. The average Bonchev–Trinajstić information content (AvgIpc) is 2.88. The van der Waals surface area contributed by atoms with E-state index in [0.29, 0.717) is 25.1 Å². The Morgan fingerprint density at radius 1 is 1.24 bits per heavy atom. The molecule has 3 rings (SSSR count). The summed E-state index contributed by atoms with van der Waals surface area (Å²) in [5, 5.41) is 9.46. The van der Waals surface area contributed by atoms with Gasteiger partial charge in [-0.15, -0.1) is 0 Å². The Kier molecular flexibility index (Phi) is 4.44. The Hall–Kier alpha value is -1.55. The van der Waals surface area contributed by atoms with E-state index < -0.39 is 5.97 Å². The summed E-state index contributed by atoms with van der Waals surface area (Å²) in [7, 11) is 0. The van der Waals surface area contributed by atoms with Crippen molar-refractivity contribution in [3.8, 4) is 5.75 Å². The van der Waals surface area contributed by atoms with Gasteiger partial charge < -0.3 is 9.84 Å². The van der Waals surface area contributed by atoms with E-state index in [-0.39, 0.29) is 6.04 Å². The number of hydrogen-bond acceptors (Lipinski definition) is 3. The van der Waals surface area contributed by atoms with Gasteiger partial charge in [-0.25, -0.2) is 0 Å². The van der Waals surface area contributed by atoms with Crippen molar-refractivity contribution in [1.82, 2.24) is 4.90 Å². The third-order valence-corrected chi connectivity index (χ3v) is 4.87. The van der Waals surface area contributed by atoms with Crippen LogP contribution in [0, 0.1) is 5.92 Å². The zero-order valence-electron chi connectivity index (χ0n) is 12.3. The van der Waals surface area contributed by atoms with Crippen molar-refractivity contribution in [2.45, 2.75) is 44.2 Å². The monoisotopic (exact) mass is 289 g/mol. The van der Waals surface area contributed by atoms with E-state index in [0.717, 1.165) is 18.6 Å². The maximum Gasteiger partial charge on any atom is 0.320 e. The Morgan fingerprint density at radius 2 is 2.00 bits per heavy atom. The predicted octanol–water partition coefficient (Wildman–Crippen LogP) is 2.78. The lowest BCUT2D eigenvalue weighted by molar-refractivity contribution is -0.142. The molecule has 0 unspecified atom stereocenters. The van der Waals surface area contributed by atoms with Crippen molar-refractivity contribution in [2.24, 2.45) is 5.92 Å². The number of carboxylic acid groups (broad SMARTS) is 1. The minimum absolute atomic E-state index is 0.322. The predicted molar refractivity (Wildman–Crippen MR) is 80.4 cm³/mol. The summed E-state index contributed by atoms with van der Waals surface area (Å²) in [6.45, 7) is 1.25. The maximum atomic E-state index is 11.5. The standard InChI is InChI=1S/C17H23NO3/c19-17(20)16-12-13-6-4-5-9-15(13)18(16)10-11-21-14-7-2-1-3-8-14/h1-3,7-8,13,15-16H,4-6,9-12H2,(H,19,20)/t13-,15-,16+/m1/s1. The van der Waals surface area contributed by atoms with Crippen molar-refractivity contribution >= 4 is 5.97 Å². The van der Waals surface area contributed by atoms with Gasteiger partial charge in [-0.1, -0.05) is 31.0 Å². The van der Waals surface area contributed by atoms with Crippen LogP contribution in [0.4, 0.5) is 0 Å². The summed E-state index contributed by atoms with van der Waals surface area (Å²) >= 11 is 0. The van der Waals surface area contributed by atoms with E-state index in [9.17, 15) is 9.90 Å². The highest BCUT2D eigenvalue weighted by Crippen LogP contribution is 2.39. The Morgan fingerprint density at radius 3 is 2.76 bits per heavy atom. The van der Waals surface area contributed by atoms with Crippen molar-refractivity contribution in [3.63, 3.8) is 0 Å². The minimum Gasteiger partial charge on any atom is -0.492 e. The molecule has 1 aliphatic heterocycles. The number of carbonyl (C=O) groups is 1. The van der Waals surface area contributed by atoms with Crippen LogP contribution in [0.2, 0.25) is 0 Å². The molecule has 1 aliphatic carbocycles. The van der Waals surface area contributed by atoms with Gasteiger partial charge in [-0.05, 0) is 37.3 Å². The quantitative estimate of drug-likeness (QED) is 0.905. The number of nitrogens with zero attached hydrogens (tertiary/aromatic N) is 1. The fourth-order valence-electron chi connectivity index (χ4n) is 3.90. The molecule has 1 aromatic rings. The second-order valence-corrected chi connectivity index (χ2v) is 6.10. The lowest BCUT2D eigenvalue weighted by Gasteiger charge is -2.32. The molecule has 0 radical (unpaired) electrons. The highest BCUT2D eigenvalue weighted by atomic mass is 16.5. The van der Waals surface area contributed by atoms with Gasteiger partial charge in [-0.3, -0.25) is 9.69 Å². The SMILES string of the molecule is O=C(O)[C@@H]1C[C@H]2CCCC[C@H]2N1CCOc1ccccc1. The molecule has 1 saturated heterocycles. The number of para-hydroxylation sites is 1. The number of carboxylic acids is 1. The summed E-state index contributed by atoms with van der Waals surface area (Å²) in [6.07, 6.45) is 5.61. The van der Waals surface area contributed by atoms with Crippen LogP contribution in [0.3, 0.4) is 0 Å². The largest absolute Gasteiger partial charge is 0.492 e. The second kappa shape index (κ2) is 6.48. The smallest absolute Gasteiger partial charge is 0.320 e. The molecule has 2 aliphatic rings. The number of likely N-dealkylation sites (tertiary alicyclic amines) is 1. The topological polar surface area (TPSA) is 49.8 Å². The van der Waals surface area contributed by atoms with Crippen molar-refractivity contribution in [2.75, 3.05) is 13.2 Å². The number of benzene rings is 1. The van der Waals surface area contributed by atoms with Crippen LogP contribution in [0.5, 0.6) is 5.75 Å². The average molecular weight is 289 g/mol. The maximum absolute atomic E-state index is 11.5. The Labute approximate surface area is 125 Å². The van der Waals surface area contributed by atoms with Gasteiger partial charge in [0.15, 0.2) is 0 Å². The van der Waals surface area contributed by atoms with Gasteiger partial charge in [0, 0.05) is 12.6 Å². The number of ether oxygens (including phenoxy) is 1. The van der Waals surface area contributed by atoms with Crippen LogP contribution in [-0.4, -0.2) is 41.2 Å². The molecule has 2 fully saturated rings. The summed E-state index contributed by atoms with van der Waals surface area (Å²) in [4.78, 5) is 13.7. The lowest BCUT2D eigenvalue weighted by atomic mass is 9.85. The van der Waals surface area contributed by atoms with Gasteiger partial charge >= 0.3 is 5.97 Å². The zero-order chi connectivity index (χ0) is 14.7. The second-order valence-electron chi connectivity index (χ2n) is 6.10. The third kappa shape index (κ3) is 3.21. The number of fused-ring (bicyclic) bond motifs is 1. The molecule has 1 N–H and O–H groups in total. The minimum atomic E-state index is -0.677. The van der Waals surface area contributed by atoms with E-state index in [1.165, 1.54) is 19.3 Å². The summed E-state index contributed by atoms with van der Waals surface area (Å²) < 4.78 is 5.74. The molecule has 4 heteroatoms. The summed E-state index contributed by atoms with van der Waals surface area (Å²) in [6, 6.07) is 9.84. The van der Waals surface area contributed by atoms with Gasteiger partial charge in [0.05, 0.1) is 0 Å². The summed E-state index contributed by atoms with van der Waals surface area (Å²) in [5.41, 5.74) is 0. The fraction of sp³-hybridized carbons (Fsp3) is 0.588. The molecule has 0 aromatic heterocycles. The van der Waals surface area contributed by atoms with E-state index >= 15 is 0 Å². The molecule has 3 atom stereocenters. The van der Waals surface area contributed by atoms with Gasteiger partial charge in [0.1, 0.15) is 18.4 Å². The van der Waals surface area contributed by atoms with Gasteiger partial charge in [0.2, 0.25) is 0 Å². The third-order valence-electron chi connectivity index (χ3n) is 4.87. The van der Waals surface area contributed by atoms with E-state index in [4.69, 9.17) is 4.74 Å². The summed E-state index contributed by atoms with van der Waals surface area (Å²) in [5.74, 6) is 0.740. The molecular formula is C17H23NO3.